The Kier molecular flexibility index (Phi) is 4.66. The van der Waals surface area contributed by atoms with Crippen molar-refractivity contribution in [2.24, 2.45) is 0 Å². The second kappa shape index (κ2) is 6.87. The molecule has 1 N–H and O–H groups in total. The van der Waals surface area contributed by atoms with E-state index >= 15 is 0 Å². The van der Waals surface area contributed by atoms with Gasteiger partial charge in [-0.15, -0.1) is 0 Å². The molecule has 1 aliphatic heterocycles. The predicted octanol–water partition coefficient (Wildman–Crippen LogP) is 1.27. The van der Waals surface area contributed by atoms with Gasteiger partial charge < -0.3 is 14.7 Å². The summed E-state index contributed by atoms with van der Waals surface area (Å²) < 4.78 is 5.24. The quantitative estimate of drug-likeness (QED) is 0.915. The number of amides is 1. The molecule has 2 atom stereocenters. The fourth-order valence-corrected chi connectivity index (χ4v) is 2.74. The third-order valence-electron chi connectivity index (χ3n) is 4.31. The summed E-state index contributed by atoms with van der Waals surface area (Å²) in [5.41, 5.74) is 0.853. The first-order chi connectivity index (χ1) is 11.1. The van der Waals surface area contributed by atoms with E-state index in [9.17, 15) is 4.79 Å². The minimum atomic E-state index is 0.134. The second-order valence-corrected chi connectivity index (χ2v) is 5.82. The molecule has 2 unspecified atom stereocenters. The van der Waals surface area contributed by atoms with Crippen molar-refractivity contribution in [3.05, 3.63) is 30.4 Å². The Hall–Kier alpha value is -2.28. The summed E-state index contributed by atoms with van der Waals surface area (Å²) in [5.74, 6) is 1.15. The average molecular weight is 315 g/mol. The lowest BCUT2D eigenvalue weighted by molar-refractivity contribution is -0.134. The zero-order valence-electron chi connectivity index (χ0n) is 13.4. The summed E-state index contributed by atoms with van der Waals surface area (Å²) in [6, 6.07) is 4.16. The molecule has 0 bridgehead atoms. The Morgan fingerprint density at radius 1 is 1.39 bits per heavy atom. The zero-order chi connectivity index (χ0) is 16.2. The van der Waals surface area contributed by atoms with Crippen molar-refractivity contribution in [3.63, 3.8) is 0 Å². The van der Waals surface area contributed by atoms with Crippen molar-refractivity contribution in [2.75, 3.05) is 13.1 Å². The zero-order valence-corrected chi connectivity index (χ0v) is 13.4. The van der Waals surface area contributed by atoms with E-state index in [0.29, 0.717) is 30.6 Å². The highest BCUT2D eigenvalue weighted by atomic mass is 16.5. The molecular formula is C16H21N5O2. The molecule has 1 amide bonds. The maximum atomic E-state index is 12.4. The van der Waals surface area contributed by atoms with Crippen molar-refractivity contribution in [3.8, 4) is 11.4 Å². The summed E-state index contributed by atoms with van der Waals surface area (Å²) in [6.07, 6.45) is 4.21. The molecule has 3 rings (SSSR count). The SMILES string of the molecule is CC1NCCN(C(=O)CCc2nc(-c3ccncc3)no2)C1C. The van der Waals surface area contributed by atoms with E-state index in [-0.39, 0.29) is 11.9 Å². The number of hydrogen-bond donors (Lipinski definition) is 1. The largest absolute Gasteiger partial charge is 0.339 e. The Balaban J connectivity index is 1.58. The fraction of sp³-hybridized carbons (Fsp3) is 0.500. The minimum absolute atomic E-state index is 0.134. The van der Waals surface area contributed by atoms with Crippen molar-refractivity contribution in [1.82, 2.24) is 25.3 Å². The molecule has 1 aliphatic rings. The summed E-state index contributed by atoms with van der Waals surface area (Å²) in [5, 5.41) is 7.33. The van der Waals surface area contributed by atoms with Crippen molar-refractivity contribution < 1.29 is 9.32 Å². The lowest BCUT2D eigenvalue weighted by Crippen LogP contribution is -2.57. The van der Waals surface area contributed by atoms with Crippen molar-refractivity contribution in [2.45, 2.75) is 38.8 Å². The van der Waals surface area contributed by atoms with Crippen LogP contribution in [0.4, 0.5) is 0 Å². The number of hydrogen-bond acceptors (Lipinski definition) is 6. The topological polar surface area (TPSA) is 84.2 Å². The van der Waals surface area contributed by atoms with Gasteiger partial charge in [-0.25, -0.2) is 0 Å². The first kappa shape index (κ1) is 15.6. The molecule has 1 fully saturated rings. The van der Waals surface area contributed by atoms with E-state index in [0.717, 1.165) is 18.7 Å². The molecule has 2 aromatic rings. The van der Waals surface area contributed by atoms with E-state index in [1.54, 1.807) is 12.4 Å². The first-order valence-corrected chi connectivity index (χ1v) is 7.91. The number of rotatable bonds is 4. The monoisotopic (exact) mass is 315 g/mol. The van der Waals surface area contributed by atoms with Crippen LogP contribution in [0.5, 0.6) is 0 Å². The molecule has 7 heteroatoms. The van der Waals surface area contributed by atoms with Crippen LogP contribution in [0.3, 0.4) is 0 Å². The molecule has 122 valence electrons. The van der Waals surface area contributed by atoms with Crippen LogP contribution >= 0.6 is 0 Å². The molecule has 1 saturated heterocycles. The summed E-state index contributed by atoms with van der Waals surface area (Å²) in [4.78, 5) is 22.6. The number of aryl methyl sites for hydroxylation is 1. The molecule has 2 aromatic heterocycles. The average Bonchev–Trinajstić information content (AvgIpc) is 3.05. The van der Waals surface area contributed by atoms with Gasteiger partial charge in [0.2, 0.25) is 17.6 Å². The second-order valence-electron chi connectivity index (χ2n) is 5.82. The molecule has 0 aromatic carbocycles. The number of aromatic nitrogens is 3. The summed E-state index contributed by atoms with van der Waals surface area (Å²) in [6.45, 7) is 5.76. The summed E-state index contributed by atoms with van der Waals surface area (Å²) in [7, 11) is 0. The van der Waals surface area contributed by atoms with Gasteiger partial charge in [-0.2, -0.15) is 4.98 Å². The van der Waals surface area contributed by atoms with Crippen LogP contribution in [-0.2, 0) is 11.2 Å². The third-order valence-corrected chi connectivity index (χ3v) is 4.31. The number of carbonyl (C=O) groups is 1. The number of carbonyl (C=O) groups excluding carboxylic acids is 1. The Bertz CT molecular complexity index is 658. The molecule has 0 radical (unpaired) electrons. The highest BCUT2D eigenvalue weighted by molar-refractivity contribution is 5.77. The predicted molar refractivity (Wildman–Crippen MR) is 84.5 cm³/mol. The molecule has 7 nitrogen and oxygen atoms in total. The van der Waals surface area contributed by atoms with Crippen LogP contribution < -0.4 is 5.32 Å². The number of nitrogens with one attached hydrogen (secondary N) is 1. The summed E-state index contributed by atoms with van der Waals surface area (Å²) >= 11 is 0. The van der Waals surface area contributed by atoms with Gasteiger partial charge in [0.05, 0.1) is 0 Å². The molecule has 0 aliphatic carbocycles. The van der Waals surface area contributed by atoms with E-state index in [2.05, 4.69) is 34.3 Å². The van der Waals surface area contributed by atoms with Crippen molar-refractivity contribution >= 4 is 5.91 Å². The van der Waals surface area contributed by atoms with Crippen LogP contribution in [0, 0.1) is 0 Å². The van der Waals surface area contributed by atoms with Crippen LogP contribution in [-0.4, -0.2) is 51.1 Å². The van der Waals surface area contributed by atoms with Gasteiger partial charge in [-0.05, 0) is 26.0 Å². The molecule has 0 saturated carbocycles. The Morgan fingerprint density at radius 3 is 2.96 bits per heavy atom. The minimum Gasteiger partial charge on any atom is -0.339 e. The fourth-order valence-electron chi connectivity index (χ4n) is 2.74. The van der Waals surface area contributed by atoms with Crippen LogP contribution in [0.25, 0.3) is 11.4 Å². The third kappa shape index (κ3) is 3.56. The molecule has 3 heterocycles. The van der Waals surface area contributed by atoms with E-state index < -0.39 is 0 Å². The number of pyridine rings is 1. The highest BCUT2D eigenvalue weighted by Gasteiger charge is 2.27. The number of nitrogens with zero attached hydrogens (tertiary/aromatic N) is 4. The van der Waals surface area contributed by atoms with Gasteiger partial charge in [-0.3, -0.25) is 9.78 Å². The molecule has 23 heavy (non-hydrogen) atoms. The van der Waals surface area contributed by atoms with E-state index in [4.69, 9.17) is 4.52 Å². The van der Waals surface area contributed by atoms with Crippen LogP contribution in [0.2, 0.25) is 0 Å². The Morgan fingerprint density at radius 2 is 2.17 bits per heavy atom. The van der Waals surface area contributed by atoms with Gasteiger partial charge in [0, 0.05) is 56.0 Å². The van der Waals surface area contributed by atoms with Crippen LogP contribution in [0.15, 0.2) is 29.0 Å². The van der Waals surface area contributed by atoms with Gasteiger partial charge in [0.1, 0.15) is 0 Å². The van der Waals surface area contributed by atoms with E-state index in [1.165, 1.54) is 0 Å². The lowest BCUT2D eigenvalue weighted by Gasteiger charge is -2.38. The first-order valence-electron chi connectivity index (χ1n) is 7.91. The van der Waals surface area contributed by atoms with Gasteiger partial charge in [0.25, 0.3) is 0 Å². The smallest absolute Gasteiger partial charge is 0.227 e. The molecular weight excluding hydrogens is 294 g/mol. The van der Waals surface area contributed by atoms with E-state index in [1.807, 2.05) is 17.0 Å². The maximum absolute atomic E-state index is 12.4. The number of piperazine rings is 1. The van der Waals surface area contributed by atoms with Crippen LogP contribution in [0.1, 0.15) is 26.2 Å². The molecule has 0 spiro atoms. The highest BCUT2D eigenvalue weighted by Crippen LogP contribution is 2.16. The van der Waals surface area contributed by atoms with Crippen molar-refractivity contribution in [1.29, 1.82) is 0 Å². The van der Waals surface area contributed by atoms with Gasteiger partial charge in [0.15, 0.2) is 0 Å². The lowest BCUT2D eigenvalue weighted by atomic mass is 10.1. The van der Waals surface area contributed by atoms with Gasteiger partial charge >= 0.3 is 0 Å². The normalized spacial score (nSPS) is 21.4. The van der Waals surface area contributed by atoms with Gasteiger partial charge in [-0.1, -0.05) is 5.16 Å². The standard InChI is InChI=1S/C16H21N5O2/c1-11-12(2)21(10-9-18-11)15(22)4-3-14-19-16(20-23-14)13-5-7-17-8-6-13/h5-8,11-12,18H,3-4,9-10H2,1-2H3. The maximum Gasteiger partial charge on any atom is 0.227 e. The Labute approximate surface area is 135 Å².